The van der Waals surface area contributed by atoms with Crippen molar-refractivity contribution >= 4 is 0 Å². The Kier molecular flexibility index (Phi) is 108. The molecule has 0 unspecified atom stereocenters. The van der Waals surface area contributed by atoms with E-state index in [9.17, 15) is 0 Å². The van der Waals surface area contributed by atoms with Gasteiger partial charge in [0.05, 0.1) is 0 Å². The molecule has 0 heterocycles. The average molecular weight is 1570 g/mol. The Labute approximate surface area is 713 Å². The van der Waals surface area contributed by atoms with Gasteiger partial charge in [0.25, 0.3) is 0 Å². The Morgan fingerprint density at radius 3 is 0.119 bits per heavy atom. The molecule has 0 aliphatic heterocycles. The summed E-state index contributed by atoms with van der Waals surface area (Å²) in [6.07, 6.45) is 24.3. The molecule has 690 valence electrons. The average Bonchev–Trinajstić information content (AvgIpc) is 1.02. The second-order valence-electron chi connectivity index (χ2n) is 52.9. The van der Waals surface area contributed by atoms with Crippen molar-refractivity contribution < 1.29 is 0 Å². The molecule has 0 aromatic rings. The van der Waals surface area contributed by atoms with Gasteiger partial charge in [0.1, 0.15) is 0 Å². The van der Waals surface area contributed by atoms with Crippen molar-refractivity contribution in [2.24, 2.45) is 97.5 Å². The highest BCUT2D eigenvalue weighted by molar-refractivity contribution is 4.64. The summed E-state index contributed by atoms with van der Waals surface area (Å²) >= 11 is 0. The van der Waals surface area contributed by atoms with Crippen LogP contribution in [0, 0.1) is 97.5 Å². The Morgan fingerprint density at radius 2 is 0.119 bits per heavy atom. The van der Waals surface area contributed by atoms with Gasteiger partial charge in [0.15, 0.2) is 0 Å². The first kappa shape index (κ1) is 154. The second-order valence-corrected chi connectivity index (χ2v) is 52.9. The third-order valence-corrected chi connectivity index (χ3v) is 19.0. The van der Waals surface area contributed by atoms with Crippen molar-refractivity contribution in [3.63, 3.8) is 0 Å². The van der Waals surface area contributed by atoms with Gasteiger partial charge in [-0.25, -0.2) is 0 Å². The molecule has 0 nitrogen and oxygen atoms in total. The minimum Gasteiger partial charge on any atom is -0.0654 e. The molecule has 0 amide bonds. The molecule has 0 aromatic heterocycles. The highest BCUT2D eigenvalue weighted by Gasteiger charge is 2.12. The molecule has 0 saturated carbocycles. The number of rotatable bonds is 1. The summed E-state index contributed by atoms with van der Waals surface area (Å²) in [5, 5.41) is 0. The summed E-state index contributed by atoms with van der Waals surface area (Å²) in [6, 6.07) is 0. The molecule has 0 rings (SSSR count). The summed E-state index contributed by atoms with van der Waals surface area (Å²) < 4.78 is 0. The highest BCUT2D eigenvalue weighted by atomic mass is 14.2. The largest absolute Gasteiger partial charge is 0.0654 e. The molecule has 0 radical (unpaired) electrons. The van der Waals surface area contributed by atoms with Gasteiger partial charge in [0, 0.05) is 0 Å². The maximum absolute atomic E-state index is 2.27. The van der Waals surface area contributed by atoms with Crippen molar-refractivity contribution in [2.45, 2.75) is 621 Å². The summed E-state index contributed by atoms with van der Waals surface area (Å²) in [7, 11) is 0. The fourth-order valence-corrected chi connectivity index (χ4v) is 0.750. The summed E-state index contributed by atoms with van der Waals surface area (Å²) in [6.45, 7) is 161. The van der Waals surface area contributed by atoms with Gasteiger partial charge in [0.2, 0.25) is 0 Å². The molecular weight excluding hydrogens is 1310 g/mol. The van der Waals surface area contributed by atoms with E-state index < -0.39 is 0 Å². The van der Waals surface area contributed by atoms with E-state index in [4.69, 9.17) is 0 Å². The van der Waals surface area contributed by atoms with Crippen molar-refractivity contribution in [3.8, 4) is 0 Å². The number of hydrogen-bond acceptors (Lipinski definition) is 0. The van der Waals surface area contributed by atoms with Crippen LogP contribution in [-0.4, -0.2) is 0 Å². The lowest BCUT2D eigenvalue weighted by Crippen LogP contribution is -2.02. The van der Waals surface area contributed by atoms with Crippen LogP contribution in [0.3, 0.4) is 0 Å². The van der Waals surface area contributed by atoms with Crippen LogP contribution >= 0.6 is 0 Å². The first-order chi connectivity index (χ1) is 46.6. The first-order valence-corrected chi connectivity index (χ1v) is 46.6. The molecule has 0 aliphatic carbocycles. The topological polar surface area (TPSA) is 0 Å². The molecule has 0 aliphatic rings. The van der Waals surface area contributed by atoms with Crippen molar-refractivity contribution in [1.82, 2.24) is 0 Å². The lowest BCUT2D eigenvalue weighted by atomic mass is 9.91. The Hall–Kier alpha value is 0. The summed E-state index contributed by atoms with van der Waals surface area (Å²) in [5.74, 6) is 0. The normalized spacial score (nSPS) is 12.0. The van der Waals surface area contributed by atoms with Gasteiger partial charge in [-0.15, -0.1) is 0 Å². The highest BCUT2D eigenvalue weighted by Crippen LogP contribution is 2.25. The van der Waals surface area contributed by atoms with Gasteiger partial charge in [-0.1, -0.05) is 614 Å². The lowest BCUT2D eigenvalue weighted by molar-refractivity contribution is 0.373. The molecule has 0 N–H and O–H groups in total. The van der Waals surface area contributed by atoms with Crippen LogP contribution in [-0.2, 0) is 0 Å². The van der Waals surface area contributed by atoms with Crippen LogP contribution in [0.5, 0.6) is 0 Å². The first-order valence-electron chi connectivity index (χ1n) is 46.6. The quantitative estimate of drug-likeness (QED) is 0.245. The van der Waals surface area contributed by atoms with E-state index in [1.807, 2.05) is 0 Å². The minimum absolute atomic E-state index is 0.542. The smallest absolute Gasteiger partial charge is 0.0383 e. The van der Waals surface area contributed by atoms with Gasteiger partial charge < -0.3 is 0 Å². The fourth-order valence-electron chi connectivity index (χ4n) is 0.750. The summed E-state index contributed by atoms with van der Waals surface area (Å²) in [5.41, 5.74) is 9.76. The zero-order chi connectivity index (χ0) is 94.4. The van der Waals surface area contributed by atoms with Crippen molar-refractivity contribution in [3.05, 3.63) is 0 Å². The van der Waals surface area contributed by atoms with Gasteiger partial charge in [-0.3, -0.25) is 0 Å². The van der Waals surface area contributed by atoms with Crippen LogP contribution in [0.1, 0.15) is 621 Å². The second kappa shape index (κ2) is 76.7. The van der Waals surface area contributed by atoms with Crippen LogP contribution in [0.15, 0.2) is 0 Å². The molecule has 0 heteroatoms. The predicted octanol–water partition coefficient (Wildman–Crippen LogP) is 44.4. The SMILES string of the molecule is CCC(C)(C)C.CCC(C)(C)C.CCC(C)(C)C.CCC(C)(C)C.CCC(C)(C)C.CCC(C)(C)C.CCC(C)(C)C.CCC(C)(C)C.CCC(C)(C)C.CCC(C)(C)C.CCC(C)(C)C.CCC(C)(C)C.CCC(C)(C)C.CCC(C)(C)C.CCC(C)(C)C.CCC(C)(C)C.CCC(C)(C)C.CCCC(C)(C)C. The monoisotopic (exact) mass is 1560 g/mol. The Bertz CT molecular complexity index is 1120. The van der Waals surface area contributed by atoms with E-state index >= 15 is 0 Å². The van der Waals surface area contributed by atoms with Crippen molar-refractivity contribution in [2.75, 3.05) is 0 Å². The van der Waals surface area contributed by atoms with Crippen LogP contribution in [0.2, 0.25) is 0 Å². The number of hydrogen-bond donors (Lipinski definition) is 0. The zero-order valence-corrected chi connectivity index (χ0v) is 94.4. The molecule has 0 atom stereocenters. The molecule has 0 spiro atoms. The fraction of sp³-hybridized carbons (Fsp3) is 1.00. The van der Waals surface area contributed by atoms with E-state index in [1.165, 1.54) is 122 Å². The maximum atomic E-state index is 2.27. The Morgan fingerprint density at radius 1 is 0.0826 bits per heavy atom. The van der Waals surface area contributed by atoms with E-state index in [0.717, 1.165) is 0 Å². The zero-order valence-electron chi connectivity index (χ0n) is 94.4. The molecule has 0 saturated heterocycles. The molecule has 0 bridgehead atoms. The van der Waals surface area contributed by atoms with Crippen LogP contribution in [0.4, 0.5) is 0 Å². The summed E-state index contributed by atoms with van der Waals surface area (Å²) in [4.78, 5) is 0. The molecular formula is C109H254. The van der Waals surface area contributed by atoms with E-state index in [1.54, 1.807) is 0 Å². The lowest BCUT2D eigenvalue weighted by Gasteiger charge is -2.15. The third-order valence-electron chi connectivity index (χ3n) is 19.0. The maximum Gasteiger partial charge on any atom is -0.0383 e. The van der Waals surface area contributed by atoms with Crippen LogP contribution in [0.25, 0.3) is 0 Å². The van der Waals surface area contributed by atoms with E-state index in [0.29, 0.717) is 97.5 Å². The van der Waals surface area contributed by atoms with Gasteiger partial charge >= 0.3 is 0 Å². The minimum atomic E-state index is 0.542. The van der Waals surface area contributed by atoms with Gasteiger partial charge in [-0.05, 0) is 104 Å². The molecule has 0 aromatic carbocycles. The molecule has 0 fully saturated rings. The van der Waals surface area contributed by atoms with Gasteiger partial charge in [-0.2, -0.15) is 0 Å². The van der Waals surface area contributed by atoms with Crippen LogP contribution < -0.4 is 0 Å². The predicted molar refractivity (Wildman–Crippen MR) is 540 cm³/mol. The van der Waals surface area contributed by atoms with E-state index in [2.05, 4.69) is 499 Å². The third kappa shape index (κ3) is 401. The van der Waals surface area contributed by atoms with Crippen molar-refractivity contribution in [1.29, 1.82) is 0 Å². The Balaban J connectivity index is -0.0000000503. The standard InChI is InChI=1S/C7H16.17C6H14/c1-5-6-7(2,3)4;17*1-5-6(2,3)4/h5-6H2,1-4H3;17*5H2,1-4H3. The molecule has 109 heavy (non-hydrogen) atoms. The van der Waals surface area contributed by atoms with E-state index in [-0.39, 0.29) is 0 Å².